The summed E-state index contributed by atoms with van der Waals surface area (Å²) < 4.78 is 5.38. The van der Waals surface area contributed by atoms with E-state index in [1.54, 1.807) is 12.1 Å². The average molecular weight is 223 g/mol. The molecule has 0 aromatic heterocycles. The normalized spacial score (nSPS) is 12.0. The standard InChI is InChI=1S/C12H17NO3/c1-4-16-11-6-5-10(7-8(11)2)13-12(15)9(3)14/h5-7,9,14H,4H2,1-3H3,(H,13,15). The van der Waals surface area contributed by atoms with Gasteiger partial charge in [-0.3, -0.25) is 4.79 Å². The number of carbonyl (C=O) groups is 1. The first-order valence-corrected chi connectivity index (χ1v) is 5.27. The molecule has 1 aromatic rings. The van der Waals surface area contributed by atoms with Crippen molar-refractivity contribution >= 4 is 11.6 Å². The number of aliphatic hydroxyl groups excluding tert-OH is 1. The molecule has 0 aliphatic heterocycles. The summed E-state index contributed by atoms with van der Waals surface area (Å²) in [6, 6.07) is 5.36. The number of aliphatic hydroxyl groups is 1. The molecule has 1 rings (SSSR count). The van der Waals surface area contributed by atoms with Crippen molar-refractivity contribution in [2.24, 2.45) is 0 Å². The van der Waals surface area contributed by atoms with Gasteiger partial charge in [-0.1, -0.05) is 0 Å². The highest BCUT2D eigenvalue weighted by Crippen LogP contribution is 2.21. The number of amides is 1. The number of anilines is 1. The minimum atomic E-state index is -1.01. The molecule has 0 heterocycles. The molecule has 0 bridgehead atoms. The number of aryl methyl sites for hydroxylation is 1. The molecule has 0 fully saturated rings. The van der Waals surface area contributed by atoms with Gasteiger partial charge in [0.1, 0.15) is 11.9 Å². The van der Waals surface area contributed by atoms with Crippen molar-refractivity contribution in [2.45, 2.75) is 26.9 Å². The number of carbonyl (C=O) groups excluding carboxylic acids is 1. The molecule has 0 saturated carbocycles. The van der Waals surface area contributed by atoms with Gasteiger partial charge < -0.3 is 15.2 Å². The van der Waals surface area contributed by atoms with Crippen molar-refractivity contribution < 1.29 is 14.6 Å². The van der Waals surface area contributed by atoms with Crippen LogP contribution in [-0.4, -0.2) is 23.7 Å². The first-order valence-electron chi connectivity index (χ1n) is 5.27. The Morgan fingerprint density at radius 2 is 2.25 bits per heavy atom. The van der Waals surface area contributed by atoms with Crippen molar-refractivity contribution in [1.29, 1.82) is 0 Å². The van der Waals surface area contributed by atoms with Gasteiger partial charge in [-0.15, -0.1) is 0 Å². The molecule has 0 saturated heterocycles. The maximum atomic E-state index is 11.2. The van der Waals surface area contributed by atoms with Gasteiger partial charge in [-0.05, 0) is 44.5 Å². The minimum Gasteiger partial charge on any atom is -0.494 e. The topological polar surface area (TPSA) is 58.6 Å². The van der Waals surface area contributed by atoms with E-state index < -0.39 is 12.0 Å². The van der Waals surface area contributed by atoms with Gasteiger partial charge in [-0.2, -0.15) is 0 Å². The molecule has 16 heavy (non-hydrogen) atoms. The Kier molecular flexibility index (Phi) is 4.31. The second-order valence-electron chi connectivity index (χ2n) is 3.58. The predicted molar refractivity (Wildman–Crippen MR) is 62.7 cm³/mol. The molecular weight excluding hydrogens is 206 g/mol. The van der Waals surface area contributed by atoms with E-state index in [-0.39, 0.29) is 0 Å². The number of hydrogen-bond acceptors (Lipinski definition) is 3. The van der Waals surface area contributed by atoms with Gasteiger partial charge in [0.15, 0.2) is 0 Å². The van der Waals surface area contributed by atoms with Crippen LogP contribution in [0, 0.1) is 6.92 Å². The molecule has 1 aromatic carbocycles. The van der Waals surface area contributed by atoms with Gasteiger partial charge in [0.05, 0.1) is 6.61 Å². The molecule has 88 valence electrons. The molecule has 0 aliphatic carbocycles. The van der Waals surface area contributed by atoms with E-state index in [0.717, 1.165) is 11.3 Å². The van der Waals surface area contributed by atoms with Crippen LogP contribution in [0.5, 0.6) is 5.75 Å². The van der Waals surface area contributed by atoms with E-state index in [1.807, 2.05) is 19.9 Å². The van der Waals surface area contributed by atoms with Crippen molar-refractivity contribution in [3.05, 3.63) is 23.8 Å². The Bertz CT molecular complexity index is 375. The lowest BCUT2D eigenvalue weighted by Crippen LogP contribution is -2.24. The molecule has 1 amide bonds. The Morgan fingerprint density at radius 3 is 2.75 bits per heavy atom. The molecule has 0 radical (unpaired) electrons. The summed E-state index contributed by atoms with van der Waals surface area (Å²) in [6.45, 7) is 5.86. The average Bonchev–Trinajstić information content (AvgIpc) is 2.22. The van der Waals surface area contributed by atoms with Gasteiger partial charge in [0.2, 0.25) is 0 Å². The molecule has 1 atom stereocenters. The quantitative estimate of drug-likeness (QED) is 0.817. The van der Waals surface area contributed by atoms with Crippen LogP contribution < -0.4 is 10.1 Å². The first kappa shape index (κ1) is 12.5. The summed E-state index contributed by atoms with van der Waals surface area (Å²) in [4.78, 5) is 11.2. The van der Waals surface area contributed by atoms with Crippen molar-refractivity contribution in [3.8, 4) is 5.75 Å². The Hall–Kier alpha value is -1.55. The highest BCUT2D eigenvalue weighted by Gasteiger charge is 2.09. The van der Waals surface area contributed by atoms with Gasteiger partial charge >= 0.3 is 0 Å². The zero-order valence-corrected chi connectivity index (χ0v) is 9.78. The summed E-state index contributed by atoms with van der Waals surface area (Å²) in [7, 11) is 0. The molecule has 0 spiro atoms. The van der Waals surface area contributed by atoms with Gasteiger partial charge in [0.25, 0.3) is 5.91 Å². The highest BCUT2D eigenvalue weighted by atomic mass is 16.5. The van der Waals surface area contributed by atoms with Crippen LogP contribution in [-0.2, 0) is 4.79 Å². The molecule has 4 heteroatoms. The lowest BCUT2D eigenvalue weighted by Gasteiger charge is -2.11. The molecule has 1 unspecified atom stereocenters. The van der Waals surface area contributed by atoms with Crippen LogP contribution in [0.25, 0.3) is 0 Å². The smallest absolute Gasteiger partial charge is 0.252 e. The monoisotopic (exact) mass is 223 g/mol. The molecule has 4 nitrogen and oxygen atoms in total. The third kappa shape index (κ3) is 3.24. The van der Waals surface area contributed by atoms with Gasteiger partial charge in [-0.25, -0.2) is 0 Å². The fraction of sp³-hybridized carbons (Fsp3) is 0.417. The summed E-state index contributed by atoms with van der Waals surface area (Å²) in [6.07, 6.45) is -1.01. The SMILES string of the molecule is CCOc1ccc(NC(=O)C(C)O)cc1C. The largest absolute Gasteiger partial charge is 0.494 e. The highest BCUT2D eigenvalue weighted by molar-refractivity contribution is 5.93. The van der Waals surface area contributed by atoms with Crippen LogP contribution >= 0.6 is 0 Å². The third-order valence-electron chi connectivity index (χ3n) is 2.12. The molecule has 0 aliphatic rings. The van der Waals surface area contributed by atoms with Gasteiger partial charge in [0, 0.05) is 5.69 Å². The van der Waals surface area contributed by atoms with Crippen LogP contribution in [0.4, 0.5) is 5.69 Å². The first-order chi connectivity index (χ1) is 7.54. The fourth-order valence-electron chi connectivity index (χ4n) is 1.29. The van der Waals surface area contributed by atoms with Crippen molar-refractivity contribution in [1.82, 2.24) is 0 Å². The number of ether oxygens (including phenoxy) is 1. The zero-order chi connectivity index (χ0) is 12.1. The predicted octanol–water partition coefficient (Wildman–Crippen LogP) is 1.71. The van der Waals surface area contributed by atoms with E-state index in [2.05, 4.69) is 5.32 Å². The minimum absolute atomic E-state index is 0.413. The molecular formula is C12H17NO3. The van der Waals surface area contributed by atoms with E-state index >= 15 is 0 Å². The second kappa shape index (κ2) is 5.51. The summed E-state index contributed by atoms with van der Waals surface area (Å²) in [5.74, 6) is 0.390. The number of hydrogen-bond donors (Lipinski definition) is 2. The number of rotatable bonds is 4. The van der Waals surface area contributed by atoms with Crippen molar-refractivity contribution in [3.63, 3.8) is 0 Å². The van der Waals surface area contributed by atoms with Crippen molar-refractivity contribution in [2.75, 3.05) is 11.9 Å². The zero-order valence-electron chi connectivity index (χ0n) is 9.78. The van der Waals surface area contributed by atoms with Crippen LogP contribution in [0.15, 0.2) is 18.2 Å². The third-order valence-corrected chi connectivity index (χ3v) is 2.12. The maximum Gasteiger partial charge on any atom is 0.252 e. The maximum absolute atomic E-state index is 11.2. The van der Waals surface area contributed by atoms with Crippen LogP contribution in [0.3, 0.4) is 0 Å². The van der Waals surface area contributed by atoms with E-state index in [9.17, 15) is 4.79 Å². The summed E-state index contributed by atoms with van der Waals surface area (Å²) >= 11 is 0. The Morgan fingerprint density at radius 1 is 1.56 bits per heavy atom. The van der Waals surface area contributed by atoms with E-state index in [1.165, 1.54) is 6.92 Å². The number of benzene rings is 1. The van der Waals surface area contributed by atoms with Crippen LogP contribution in [0.1, 0.15) is 19.4 Å². The fourth-order valence-corrected chi connectivity index (χ4v) is 1.29. The lowest BCUT2D eigenvalue weighted by atomic mass is 10.2. The van der Waals surface area contributed by atoms with Crippen LogP contribution in [0.2, 0.25) is 0 Å². The number of nitrogens with one attached hydrogen (secondary N) is 1. The Labute approximate surface area is 95.2 Å². The second-order valence-corrected chi connectivity index (χ2v) is 3.58. The Balaban J connectivity index is 2.77. The van der Waals surface area contributed by atoms with E-state index in [0.29, 0.717) is 12.3 Å². The summed E-state index contributed by atoms with van der Waals surface area (Å²) in [5.41, 5.74) is 1.61. The van der Waals surface area contributed by atoms with E-state index in [4.69, 9.17) is 9.84 Å². The summed E-state index contributed by atoms with van der Waals surface area (Å²) in [5, 5.41) is 11.7. The lowest BCUT2D eigenvalue weighted by molar-refractivity contribution is -0.123. The molecule has 2 N–H and O–H groups in total.